The lowest BCUT2D eigenvalue weighted by Crippen LogP contribution is -2.42. The second-order valence-electron chi connectivity index (χ2n) is 4.07. The van der Waals surface area contributed by atoms with Crippen molar-refractivity contribution in [1.29, 1.82) is 0 Å². The molecule has 0 aliphatic carbocycles. The molecule has 0 saturated carbocycles. The number of hydrogen-bond acceptors (Lipinski definition) is 6. The van der Waals surface area contributed by atoms with Crippen molar-refractivity contribution in [3.8, 4) is 0 Å². The molecule has 6 nitrogen and oxygen atoms in total. The van der Waals surface area contributed by atoms with Gasteiger partial charge in [-0.1, -0.05) is 6.92 Å². The van der Waals surface area contributed by atoms with E-state index in [1.165, 1.54) is 0 Å². The van der Waals surface area contributed by atoms with Gasteiger partial charge >= 0.3 is 0 Å². The van der Waals surface area contributed by atoms with Crippen molar-refractivity contribution in [2.24, 2.45) is 0 Å². The zero-order valence-electron chi connectivity index (χ0n) is 9.68. The normalized spacial score (nSPS) is 25.5. The number of aliphatic hydroxyl groups is 1. The smallest absolute Gasteiger partial charge is 0.230 e. The first-order valence-corrected chi connectivity index (χ1v) is 5.62. The maximum Gasteiger partial charge on any atom is 0.230 e. The first-order valence-electron chi connectivity index (χ1n) is 5.62. The lowest BCUT2D eigenvalue weighted by Gasteiger charge is -2.27. The molecule has 1 aromatic rings. The summed E-state index contributed by atoms with van der Waals surface area (Å²) in [6, 6.07) is 0.136. The van der Waals surface area contributed by atoms with Crippen LogP contribution >= 0.6 is 0 Å². The molecule has 1 aliphatic heterocycles. The number of hydrogen-bond donors (Lipinski definition) is 2. The van der Waals surface area contributed by atoms with Crippen LogP contribution in [0.5, 0.6) is 0 Å². The summed E-state index contributed by atoms with van der Waals surface area (Å²) in [6.07, 6.45) is -0.316. The predicted octanol–water partition coefficient (Wildman–Crippen LogP) is -0.467. The third-order valence-corrected chi connectivity index (χ3v) is 2.93. The zero-order valence-corrected chi connectivity index (χ0v) is 9.68. The molecule has 16 heavy (non-hydrogen) atoms. The molecule has 1 fully saturated rings. The van der Waals surface area contributed by atoms with Crippen LogP contribution < -0.4 is 5.32 Å². The molecular weight excluding hydrogens is 208 g/mol. The van der Waals surface area contributed by atoms with Gasteiger partial charge in [0.1, 0.15) is 0 Å². The van der Waals surface area contributed by atoms with Crippen LogP contribution in [0.25, 0.3) is 0 Å². The molecule has 0 aromatic carbocycles. The van der Waals surface area contributed by atoms with Crippen LogP contribution in [0.3, 0.4) is 0 Å². The summed E-state index contributed by atoms with van der Waals surface area (Å²) in [6.45, 7) is 6.75. The van der Waals surface area contributed by atoms with Crippen molar-refractivity contribution in [2.45, 2.75) is 32.5 Å². The molecular formula is C10H18N4O2. The maximum absolute atomic E-state index is 9.80. The van der Waals surface area contributed by atoms with E-state index in [0.29, 0.717) is 24.9 Å². The van der Waals surface area contributed by atoms with Gasteiger partial charge in [-0.15, -0.1) is 10.2 Å². The number of aliphatic hydroxyl groups excluding tert-OH is 1. The second kappa shape index (κ2) is 4.90. The van der Waals surface area contributed by atoms with Gasteiger partial charge in [-0.2, -0.15) is 0 Å². The van der Waals surface area contributed by atoms with Gasteiger partial charge in [0.15, 0.2) is 0 Å². The lowest BCUT2D eigenvalue weighted by molar-refractivity contribution is 0.0761. The van der Waals surface area contributed by atoms with Gasteiger partial charge in [-0.25, -0.2) is 0 Å². The van der Waals surface area contributed by atoms with E-state index in [4.69, 9.17) is 4.42 Å². The standard InChI is InChI=1S/C10H18N4O2/c1-3-14(8-4-11-5-9(8)15)6-10-13-12-7(2)16-10/h8-9,11,15H,3-6H2,1-2H3/t8-,9+/m1/s1. The van der Waals surface area contributed by atoms with Gasteiger partial charge in [-0.3, -0.25) is 4.90 Å². The third-order valence-electron chi connectivity index (χ3n) is 2.93. The topological polar surface area (TPSA) is 74.4 Å². The highest BCUT2D eigenvalue weighted by molar-refractivity contribution is 4.90. The fourth-order valence-corrected chi connectivity index (χ4v) is 2.06. The number of rotatable bonds is 4. The third kappa shape index (κ3) is 2.40. The van der Waals surface area contributed by atoms with Crippen molar-refractivity contribution in [3.05, 3.63) is 11.8 Å². The Bertz CT molecular complexity index is 341. The molecule has 0 unspecified atom stereocenters. The van der Waals surface area contributed by atoms with Gasteiger partial charge in [0.2, 0.25) is 11.8 Å². The zero-order chi connectivity index (χ0) is 11.5. The number of β-amino-alcohol motifs (C(OH)–C–C–N with tert-alkyl or cyclic N) is 1. The van der Waals surface area contributed by atoms with Crippen LogP contribution in [0.1, 0.15) is 18.7 Å². The highest BCUT2D eigenvalue weighted by Crippen LogP contribution is 2.12. The number of aromatic nitrogens is 2. The Balaban J connectivity index is 2.00. The quantitative estimate of drug-likeness (QED) is 0.723. The van der Waals surface area contributed by atoms with Crippen molar-refractivity contribution in [2.75, 3.05) is 19.6 Å². The van der Waals surface area contributed by atoms with Crippen LogP contribution in [0, 0.1) is 6.92 Å². The average Bonchev–Trinajstić information content (AvgIpc) is 2.84. The molecule has 2 N–H and O–H groups in total. The van der Waals surface area contributed by atoms with E-state index < -0.39 is 0 Å². The van der Waals surface area contributed by atoms with E-state index >= 15 is 0 Å². The fourth-order valence-electron chi connectivity index (χ4n) is 2.06. The van der Waals surface area contributed by atoms with Crippen LogP contribution in [0.4, 0.5) is 0 Å². The summed E-state index contributed by atoms with van der Waals surface area (Å²) >= 11 is 0. The molecule has 0 bridgehead atoms. The highest BCUT2D eigenvalue weighted by atomic mass is 16.4. The van der Waals surface area contributed by atoms with E-state index in [0.717, 1.165) is 13.1 Å². The van der Waals surface area contributed by atoms with E-state index in [-0.39, 0.29) is 12.1 Å². The predicted molar refractivity (Wildman–Crippen MR) is 57.8 cm³/mol. The maximum atomic E-state index is 9.80. The summed E-state index contributed by atoms with van der Waals surface area (Å²) < 4.78 is 5.34. The Hall–Kier alpha value is -0.980. The van der Waals surface area contributed by atoms with Gasteiger partial charge in [0.05, 0.1) is 12.6 Å². The van der Waals surface area contributed by atoms with Crippen LogP contribution in [0.15, 0.2) is 4.42 Å². The second-order valence-corrected chi connectivity index (χ2v) is 4.07. The van der Waals surface area contributed by atoms with Gasteiger partial charge in [0.25, 0.3) is 0 Å². The summed E-state index contributed by atoms with van der Waals surface area (Å²) in [5.41, 5.74) is 0. The molecule has 2 atom stereocenters. The first kappa shape index (κ1) is 11.5. The van der Waals surface area contributed by atoms with E-state index in [2.05, 4.69) is 27.3 Å². The molecule has 1 aliphatic rings. The summed E-state index contributed by atoms with van der Waals surface area (Å²) in [4.78, 5) is 2.15. The molecule has 0 amide bonds. The van der Waals surface area contributed by atoms with Crippen LogP contribution in [0.2, 0.25) is 0 Å². The molecule has 2 heterocycles. The summed E-state index contributed by atoms with van der Waals surface area (Å²) in [5.74, 6) is 1.19. The summed E-state index contributed by atoms with van der Waals surface area (Å²) in [7, 11) is 0. The van der Waals surface area contributed by atoms with Crippen molar-refractivity contribution >= 4 is 0 Å². The average molecular weight is 226 g/mol. The Kier molecular flexibility index (Phi) is 3.52. The fraction of sp³-hybridized carbons (Fsp3) is 0.800. The minimum absolute atomic E-state index is 0.136. The van der Waals surface area contributed by atoms with E-state index in [1.807, 2.05) is 0 Å². The lowest BCUT2D eigenvalue weighted by atomic mass is 10.2. The Morgan fingerprint density at radius 3 is 2.81 bits per heavy atom. The number of likely N-dealkylation sites (N-methyl/N-ethyl adjacent to an activating group) is 1. The molecule has 0 radical (unpaired) electrons. The van der Waals surface area contributed by atoms with Crippen LogP contribution in [-0.4, -0.2) is 52.0 Å². The Morgan fingerprint density at radius 1 is 1.50 bits per heavy atom. The number of nitrogens with zero attached hydrogens (tertiary/aromatic N) is 3. The van der Waals surface area contributed by atoms with Gasteiger partial charge in [-0.05, 0) is 6.54 Å². The molecule has 1 aromatic heterocycles. The molecule has 6 heteroatoms. The van der Waals surface area contributed by atoms with Gasteiger partial charge in [0, 0.05) is 26.1 Å². The van der Waals surface area contributed by atoms with Crippen molar-refractivity contribution in [3.63, 3.8) is 0 Å². The number of nitrogens with one attached hydrogen (secondary N) is 1. The first-order chi connectivity index (χ1) is 7.70. The monoisotopic (exact) mass is 226 g/mol. The molecule has 90 valence electrons. The van der Waals surface area contributed by atoms with Crippen molar-refractivity contribution < 1.29 is 9.52 Å². The Labute approximate surface area is 94.7 Å². The SMILES string of the molecule is CCN(Cc1nnc(C)o1)[C@@H]1CNC[C@@H]1O. The molecule has 1 saturated heterocycles. The minimum Gasteiger partial charge on any atom is -0.424 e. The number of aryl methyl sites for hydroxylation is 1. The summed E-state index contributed by atoms with van der Waals surface area (Å²) in [5, 5.41) is 20.7. The van der Waals surface area contributed by atoms with Crippen molar-refractivity contribution in [1.82, 2.24) is 20.4 Å². The largest absolute Gasteiger partial charge is 0.424 e. The van der Waals surface area contributed by atoms with E-state index in [1.54, 1.807) is 6.92 Å². The highest BCUT2D eigenvalue weighted by Gasteiger charge is 2.30. The van der Waals surface area contributed by atoms with Crippen LogP contribution in [-0.2, 0) is 6.54 Å². The van der Waals surface area contributed by atoms with E-state index in [9.17, 15) is 5.11 Å². The minimum atomic E-state index is -0.316. The molecule has 2 rings (SSSR count). The Morgan fingerprint density at radius 2 is 2.31 bits per heavy atom. The van der Waals surface area contributed by atoms with Gasteiger partial charge < -0.3 is 14.8 Å². The molecule has 0 spiro atoms.